The highest BCUT2D eigenvalue weighted by Crippen LogP contribution is 2.27. The van der Waals surface area contributed by atoms with Crippen LogP contribution >= 0.6 is 0 Å². The molecule has 0 atom stereocenters. The second-order valence-electron chi connectivity index (χ2n) is 4.73. The first-order valence-corrected chi connectivity index (χ1v) is 6.25. The smallest absolute Gasteiger partial charge is 0.197 e. The molecule has 0 aliphatic rings. The topological polar surface area (TPSA) is 58.9 Å². The van der Waals surface area contributed by atoms with E-state index in [4.69, 9.17) is 5.73 Å². The van der Waals surface area contributed by atoms with Crippen LogP contribution in [0.5, 0.6) is 0 Å². The summed E-state index contributed by atoms with van der Waals surface area (Å²) in [5, 5.41) is 0.306. The quantitative estimate of drug-likeness (QED) is 0.552. The van der Waals surface area contributed by atoms with Gasteiger partial charge in [0.1, 0.15) is 5.82 Å². The van der Waals surface area contributed by atoms with Crippen molar-refractivity contribution in [3.63, 3.8) is 0 Å². The van der Waals surface area contributed by atoms with Crippen LogP contribution in [0.2, 0.25) is 0 Å². The normalized spacial score (nSPS) is 10.9. The molecular formula is C16H13FN2O. The van der Waals surface area contributed by atoms with Gasteiger partial charge in [0.05, 0.1) is 5.56 Å². The highest BCUT2D eigenvalue weighted by molar-refractivity contribution is 6.19. The van der Waals surface area contributed by atoms with Crippen LogP contribution in [-0.2, 0) is 0 Å². The summed E-state index contributed by atoms with van der Waals surface area (Å²) in [6.07, 6.45) is 1.53. The number of hydrogen-bond donors (Lipinski definition) is 2. The standard InChI is InChI=1S/C16H13FN2O/c1-9-4-2-6-12(18)14(9)16(20)10-8-19-13-7-3-5-11(17)15(10)13/h2-8,19H,18H2,1H3. The van der Waals surface area contributed by atoms with Gasteiger partial charge in [0.2, 0.25) is 0 Å². The molecule has 0 amide bonds. The third-order valence-electron chi connectivity index (χ3n) is 3.43. The average Bonchev–Trinajstić information content (AvgIpc) is 2.83. The Kier molecular flexibility index (Phi) is 2.79. The monoisotopic (exact) mass is 268 g/mol. The van der Waals surface area contributed by atoms with E-state index in [1.165, 1.54) is 12.3 Å². The van der Waals surface area contributed by atoms with Gasteiger partial charge in [0.15, 0.2) is 5.78 Å². The lowest BCUT2D eigenvalue weighted by atomic mass is 9.97. The number of nitrogens with one attached hydrogen (secondary N) is 1. The van der Waals surface area contributed by atoms with E-state index in [0.29, 0.717) is 27.7 Å². The molecule has 1 heterocycles. The number of fused-ring (bicyclic) bond motifs is 1. The van der Waals surface area contributed by atoms with E-state index < -0.39 is 5.82 Å². The summed E-state index contributed by atoms with van der Waals surface area (Å²) in [4.78, 5) is 15.6. The molecule has 0 saturated carbocycles. The number of nitrogen functional groups attached to an aromatic ring is 1. The second-order valence-corrected chi connectivity index (χ2v) is 4.73. The minimum atomic E-state index is -0.417. The first kappa shape index (κ1) is 12.4. The molecule has 0 saturated heterocycles. The summed E-state index contributed by atoms with van der Waals surface area (Å²) in [5.74, 6) is -0.684. The molecule has 4 heteroatoms. The van der Waals surface area contributed by atoms with Gasteiger partial charge in [-0.1, -0.05) is 18.2 Å². The van der Waals surface area contributed by atoms with Crippen molar-refractivity contribution >= 4 is 22.4 Å². The van der Waals surface area contributed by atoms with E-state index in [1.807, 2.05) is 13.0 Å². The van der Waals surface area contributed by atoms with Crippen LogP contribution in [0.1, 0.15) is 21.5 Å². The molecule has 0 radical (unpaired) electrons. The van der Waals surface area contributed by atoms with Crippen molar-refractivity contribution in [1.29, 1.82) is 0 Å². The van der Waals surface area contributed by atoms with Crippen molar-refractivity contribution in [3.8, 4) is 0 Å². The van der Waals surface area contributed by atoms with Crippen LogP contribution in [0.4, 0.5) is 10.1 Å². The molecule has 0 bridgehead atoms. The zero-order valence-corrected chi connectivity index (χ0v) is 10.9. The molecular weight excluding hydrogens is 255 g/mol. The van der Waals surface area contributed by atoms with Gasteiger partial charge in [-0.2, -0.15) is 0 Å². The fraction of sp³-hybridized carbons (Fsp3) is 0.0625. The van der Waals surface area contributed by atoms with Crippen molar-refractivity contribution < 1.29 is 9.18 Å². The highest BCUT2D eigenvalue weighted by atomic mass is 19.1. The van der Waals surface area contributed by atoms with E-state index in [1.54, 1.807) is 24.3 Å². The van der Waals surface area contributed by atoms with Crippen molar-refractivity contribution in [2.75, 3.05) is 5.73 Å². The predicted molar refractivity (Wildman–Crippen MR) is 77.3 cm³/mol. The van der Waals surface area contributed by atoms with Gasteiger partial charge in [-0.3, -0.25) is 4.79 Å². The number of carbonyl (C=O) groups is 1. The Morgan fingerprint density at radius 2 is 1.95 bits per heavy atom. The van der Waals surface area contributed by atoms with E-state index in [2.05, 4.69) is 4.98 Å². The minimum absolute atomic E-state index is 0.267. The van der Waals surface area contributed by atoms with Crippen LogP contribution in [0, 0.1) is 12.7 Å². The average molecular weight is 268 g/mol. The minimum Gasteiger partial charge on any atom is -0.398 e. The Labute approximate surface area is 115 Å². The number of hydrogen-bond acceptors (Lipinski definition) is 2. The maximum absolute atomic E-state index is 14.0. The number of aromatic nitrogens is 1. The van der Waals surface area contributed by atoms with Crippen LogP contribution < -0.4 is 5.73 Å². The molecule has 100 valence electrons. The summed E-state index contributed by atoms with van der Waals surface area (Å²) >= 11 is 0. The van der Waals surface area contributed by atoms with Gasteiger partial charge < -0.3 is 10.7 Å². The molecule has 3 nitrogen and oxygen atoms in total. The van der Waals surface area contributed by atoms with Gasteiger partial charge in [-0.05, 0) is 30.7 Å². The van der Waals surface area contributed by atoms with E-state index in [9.17, 15) is 9.18 Å². The lowest BCUT2D eigenvalue weighted by Crippen LogP contribution is -2.07. The number of nitrogens with two attached hydrogens (primary N) is 1. The number of aryl methyl sites for hydroxylation is 1. The van der Waals surface area contributed by atoms with E-state index >= 15 is 0 Å². The number of carbonyl (C=O) groups excluding carboxylic acids is 1. The molecule has 3 N–H and O–H groups in total. The first-order valence-electron chi connectivity index (χ1n) is 6.25. The third kappa shape index (κ3) is 1.77. The lowest BCUT2D eigenvalue weighted by Gasteiger charge is -2.07. The molecule has 0 spiro atoms. The van der Waals surface area contributed by atoms with Gasteiger partial charge in [0.25, 0.3) is 0 Å². The van der Waals surface area contributed by atoms with Crippen LogP contribution in [-0.4, -0.2) is 10.8 Å². The Hall–Kier alpha value is -2.62. The second kappa shape index (κ2) is 4.49. The molecule has 3 aromatic rings. The predicted octanol–water partition coefficient (Wildman–Crippen LogP) is 3.43. The Morgan fingerprint density at radius 3 is 2.70 bits per heavy atom. The SMILES string of the molecule is Cc1cccc(N)c1C(=O)c1c[nH]c2cccc(F)c12. The lowest BCUT2D eigenvalue weighted by molar-refractivity contribution is 0.104. The Balaban J connectivity index is 2.24. The fourth-order valence-electron chi connectivity index (χ4n) is 2.45. The number of benzene rings is 2. The number of rotatable bonds is 2. The molecule has 0 fully saturated rings. The maximum atomic E-state index is 14.0. The van der Waals surface area contributed by atoms with Crippen molar-refractivity contribution in [2.24, 2.45) is 0 Å². The molecule has 1 aromatic heterocycles. The molecule has 0 unspecified atom stereocenters. The van der Waals surface area contributed by atoms with Gasteiger partial charge in [-0.15, -0.1) is 0 Å². The van der Waals surface area contributed by atoms with Gasteiger partial charge in [-0.25, -0.2) is 4.39 Å². The third-order valence-corrected chi connectivity index (χ3v) is 3.43. The number of halogens is 1. The van der Waals surface area contributed by atoms with E-state index in [-0.39, 0.29) is 5.78 Å². The fourth-order valence-corrected chi connectivity index (χ4v) is 2.45. The molecule has 0 aliphatic carbocycles. The number of ketones is 1. The molecule has 20 heavy (non-hydrogen) atoms. The van der Waals surface area contributed by atoms with E-state index in [0.717, 1.165) is 5.56 Å². The zero-order valence-electron chi connectivity index (χ0n) is 10.9. The summed E-state index contributed by atoms with van der Waals surface area (Å²) in [6, 6.07) is 9.95. The Morgan fingerprint density at radius 1 is 1.20 bits per heavy atom. The number of H-pyrrole nitrogens is 1. The highest BCUT2D eigenvalue weighted by Gasteiger charge is 2.20. The van der Waals surface area contributed by atoms with Crippen LogP contribution in [0.15, 0.2) is 42.6 Å². The number of anilines is 1. The van der Waals surface area contributed by atoms with Gasteiger partial charge >= 0.3 is 0 Å². The van der Waals surface area contributed by atoms with Crippen molar-refractivity contribution in [1.82, 2.24) is 4.98 Å². The zero-order chi connectivity index (χ0) is 14.3. The Bertz CT molecular complexity index is 800. The summed E-state index contributed by atoms with van der Waals surface area (Å²) in [5.41, 5.74) is 8.40. The summed E-state index contributed by atoms with van der Waals surface area (Å²) < 4.78 is 14.0. The number of aromatic amines is 1. The van der Waals surface area contributed by atoms with Crippen LogP contribution in [0.25, 0.3) is 10.9 Å². The largest absolute Gasteiger partial charge is 0.398 e. The molecule has 3 rings (SSSR count). The molecule has 0 aliphatic heterocycles. The summed E-state index contributed by atoms with van der Waals surface area (Å²) in [7, 11) is 0. The van der Waals surface area contributed by atoms with Gasteiger partial charge in [0, 0.05) is 28.4 Å². The first-order chi connectivity index (χ1) is 9.59. The maximum Gasteiger partial charge on any atom is 0.197 e. The molecule has 2 aromatic carbocycles. The summed E-state index contributed by atoms with van der Waals surface area (Å²) in [6.45, 7) is 1.81. The van der Waals surface area contributed by atoms with Crippen molar-refractivity contribution in [3.05, 3.63) is 65.1 Å². The van der Waals surface area contributed by atoms with Crippen LogP contribution in [0.3, 0.4) is 0 Å². The van der Waals surface area contributed by atoms with Crippen molar-refractivity contribution in [2.45, 2.75) is 6.92 Å².